The first-order valence-corrected chi connectivity index (χ1v) is 15.9. The van der Waals surface area contributed by atoms with Gasteiger partial charge in [0.2, 0.25) is 21.8 Å². The molecule has 10 heteroatoms. The second kappa shape index (κ2) is 15.3. The Balaban J connectivity index is 1.89. The molecule has 8 nitrogen and oxygen atoms in total. The van der Waals surface area contributed by atoms with Crippen LogP contribution in [0.5, 0.6) is 5.75 Å². The van der Waals surface area contributed by atoms with Gasteiger partial charge in [-0.15, -0.1) is 0 Å². The van der Waals surface area contributed by atoms with E-state index in [1.807, 2.05) is 44.2 Å². The lowest BCUT2D eigenvalue weighted by Gasteiger charge is -2.33. The molecule has 2 unspecified atom stereocenters. The van der Waals surface area contributed by atoms with Crippen LogP contribution in [0.3, 0.4) is 0 Å². The lowest BCUT2D eigenvalue weighted by atomic mass is 10.0. The van der Waals surface area contributed by atoms with E-state index in [-0.39, 0.29) is 55.8 Å². The van der Waals surface area contributed by atoms with Crippen LogP contribution in [0.15, 0.2) is 78.9 Å². The Morgan fingerprint density at radius 2 is 1.62 bits per heavy atom. The number of amides is 2. The maximum atomic E-state index is 14.8. The number of nitrogens with zero attached hydrogens (tertiary/aromatic N) is 2. The molecule has 2 amide bonds. The number of halogens is 1. The van der Waals surface area contributed by atoms with Gasteiger partial charge in [-0.3, -0.25) is 13.9 Å². The fraction of sp³-hybridized carbons (Fsp3) is 0.375. The highest BCUT2D eigenvalue weighted by Crippen LogP contribution is 2.23. The number of carbonyl (C=O) groups is 2. The maximum absolute atomic E-state index is 14.8. The lowest BCUT2D eigenvalue weighted by Crippen LogP contribution is -2.52. The molecule has 0 bridgehead atoms. The third kappa shape index (κ3) is 9.30. The Bertz CT molecular complexity index is 1420. The second-order valence-electron chi connectivity index (χ2n) is 10.3. The van der Waals surface area contributed by atoms with Crippen LogP contribution in [0.2, 0.25) is 0 Å². The van der Waals surface area contributed by atoms with Crippen molar-refractivity contribution in [3.63, 3.8) is 0 Å². The van der Waals surface area contributed by atoms with Gasteiger partial charge in [0, 0.05) is 37.5 Å². The molecular formula is C32H40FN3O5S. The molecule has 0 radical (unpaired) electrons. The Morgan fingerprint density at radius 3 is 2.21 bits per heavy atom. The van der Waals surface area contributed by atoms with Crippen molar-refractivity contribution in [3.8, 4) is 5.75 Å². The first-order valence-electron chi connectivity index (χ1n) is 14.0. The molecule has 0 aliphatic carbocycles. The normalized spacial score (nSPS) is 12.7. The molecular weight excluding hydrogens is 557 g/mol. The molecule has 1 N–H and O–H groups in total. The Labute approximate surface area is 248 Å². The van der Waals surface area contributed by atoms with Gasteiger partial charge in [-0.25, -0.2) is 12.8 Å². The van der Waals surface area contributed by atoms with E-state index in [2.05, 4.69) is 5.32 Å². The molecule has 3 aromatic carbocycles. The summed E-state index contributed by atoms with van der Waals surface area (Å²) in [6.45, 7) is 3.78. The van der Waals surface area contributed by atoms with Crippen molar-refractivity contribution >= 4 is 27.5 Å². The van der Waals surface area contributed by atoms with Gasteiger partial charge in [-0.05, 0) is 55.7 Å². The number of anilines is 1. The SMILES string of the molecule is CCC(C)NC(=O)C(Cc1ccccc1)N(Cc1ccccc1F)C(=O)CCCN(c1ccc(OC)cc1)S(C)(=O)=O. The van der Waals surface area contributed by atoms with Crippen LogP contribution < -0.4 is 14.4 Å². The zero-order chi connectivity index (χ0) is 30.7. The van der Waals surface area contributed by atoms with Crippen molar-refractivity contribution in [2.24, 2.45) is 0 Å². The highest BCUT2D eigenvalue weighted by molar-refractivity contribution is 7.92. The van der Waals surface area contributed by atoms with E-state index in [4.69, 9.17) is 4.74 Å². The number of hydrogen-bond acceptors (Lipinski definition) is 5. The van der Waals surface area contributed by atoms with Gasteiger partial charge in [0.05, 0.1) is 19.1 Å². The molecule has 0 aromatic heterocycles. The average Bonchev–Trinajstić information content (AvgIpc) is 2.97. The standard InChI is InChI=1S/C32H40FN3O5S/c1-5-24(2)34-32(38)30(22-25-12-7-6-8-13-25)35(23-26-14-9-10-15-29(26)33)31(37)16-11-21-36(42(4,39)40)27-17-19-28(41-3)20-18-27/h6-10,12-15,17-20,24,30H,5,11,16,21-23H2,1-4H3,(H,34,38). The van der Waals surface area contributed by atoms with Crippen LogP contribution in [0.4, 0.5) is 10.1 Å². The van der Waals surface area contributed by atoms with Crippen LogP contribution in [-0.2, 0) is 32.6 Å². The first kappa shape index (κ1) is 32.6. The van der Waals surface area contributed by atoms with Crippen LogP contribution in [-0.4, -0.2) is 57.1 Å². The summed E-state index contributed by atoms with van der Waals surface area (Å²) in [4.78, 5) is 28.9. The molecule has 0 aliphatic heterocycles. The number of nitrogens with one attached hydrogen (secondary N) is 1. The molecule has 3 rings (SSSR count). The van der Waals surface area contributed by atoms with Crippen LogP contribution in [0, 0.1) is 5.82 Å². The minimum atomic E-state index is -3.64. The summed E-state index contributed by atoms with van der Waals surface area (Å²) in [5, 5.41) is 2.99. The number of hydrogen-bond donors (Lipinski definition) is 1. The van der Waals surface area contributed by atoms with Gasteiger partial charge in [-0.2, -0.15) is 0 Å². The van der Waals surface area contributed by atoms with Crippen molar-refractivity contribution in [2.75, 3.05) is 24.2 Å². The predicted molar refractivity (Wildman–Crippen MR) is 163 cm³/mol. The quantitative estimate of drug-likeness (QED) is 0.268. The average molecular weight is 598 g/mol. The molecule has 0 fully saturated rings. The maximum Gasteiger partial charge on any atom is 0.243 e. The van der Waals surface area contributed by atoms with Gasteiger partial charge >= 0.3 is 0 Å². The van der Waals surface area contributed by atoms with Crippen LogP contribution in [0.1, 0.15) is 44.2 Å². The highest BCUT2D eigenvalue weighted by atomic mass is 32.2. The summed E-state index contributed by atoms with van der Waals surface area (Å²) in [5.74, 6) is -0.583. The molecule has 0 aliphatic rings. The van der Waals surface area contributed by atoms with E-state index in [1.54, 1.807) is 42.5 Å². The fourth-order valence-electron chi connectivity index (χ4n) is 4.56. The number of carbonyl (C=O) groups excluding carboxylic acids is 2. The Hall–Kier alpha value is -3.92. The fourth-order valence-corrected chi connectivity index (χ4v) is 5.52. The van der Waals surface area contributed by atoms with E-state index in [0.29, 0.717) is 17.9 Å². The summed E-state index contributed by atoms with van der Waals surface area (Å²) < 4.78 is 46.4. The molecule has 0 saturated heterocycles. The van der Waals surface area contributed by atoms with E-state index < -0.39 is 21.9 Å². The monoisotopic (exact) mass is 597 g/mol. The van der Waals surface area contributed by atoms with E-state index >= 15 is 0 Å². The molecule has 42 heavy (non-hydrogen) atoms. The Kier molecular flexibility index (Phi) is 11.9. The molecule has 0 heterocycles. The number of sulfonamides is 1. The van der Waals surface area contributed by atoms with Crippen LogP contribution >= 0.6 is 0 Å². The van der Waals surface area contributed by atoms with E-state index in [0.717, 1.165) is 11.8 Å². The first-order chi connectivity index (χ1) is 20.0. The van der Waals surface area contributed by atoms with Crippen molar-refractivity contribution in [3.05, 3.63) is 95.8 Å². The van der Waals surface area contributed by atoms with Crippen LogP contribution in [0.25, 0.3) is 0 Å². The van der Waals surface area contributed by atoms with E-state index in [1.165, 1.54) is 22.4 Å². The molecule has 2 atom stereocenters. The predicted octanol–water partition coefficient (Wildman–Crippen LogP) is 4.94. The molecule has 226 valence electrons. The molecule has 0 spiro atoms. The minimum absolute atomic E-state index is 0.0431. The van der Waals surface area contributed by atoms with Gasteiger partial charge < -0.3 is 15.0 Å². The summed E-state index contributed by atoms with van der Waals surface area (Å²) in [5.41, 5.74) is 1.59. The zero-order valence-corrected chi connectivity index (χ0v) is 25.4. The summed E-state index contributed by atoms with van der Waals surface area (Å²) in [6, 6.07) is 21.1. The van der Waals surface area contributed by atoms with Crippen molar-refractivity contribution in [1.29, 1.82) is 0 Å². The van der Waals surface area contributed by atoms with E-state index in [9.17, 15) is 22.4 Å². The lowest BCUT2D eigenvalue weighted by molar-refractivity contribution is -0.141. The molecule has 0 saturated carbocycles. The van der Waals surface area contributed by atoms with Crippen molar-refractivity contribution in [1.82, 2.24) is 10.2 Å². The summed E-state index contributed by atoms with van der Waals surface area (Å²) in [6.07, 6.45) is 2.20. The molecule has 3 aromatic rings. The number of ether oxygens (including phenoxy) is 1. The third-order valence-corrected chi connectivity index (χ3v) is 8.28. The van der Waals surface area contributed by atoms with Gasteiger partial charge in [0.25, 0.3) is 0 Å². The zero-order valence-electron chi connectivity index (χ0n) is 24.6. The number of benzene rings is 3. The number of rotatable bonds is 15. The second-order valence-corrected chi connectivity index (χ2v) is 12.2. The highest BCUT2D eigenvalue weighted by Gasteiger charge is 2.31. The van der Waals surface area contributed by atoms with Gasteiger partial charge in [-0.1, -0.05) is 55.5 Å². The summed E-state index contributed by atoms with van der Waals surface area (Å²) in [7, 11) is -2.12. The van der Waals surface area contributed by atoms with Crippen molar-refractivity contribution < 1.29 is 27.1 Å². The van der Waals surface area contributed by atoms with Gasteiger partial charge in [0.1, 0.15) is 17.6 Å². The largest absolute Gasteiger partial charge is 0.497 e. The minimum Gasteiger partial charge on any atom is -0.497 e. The summed E-state index contributed by atoms with van der Waals surface area (Å²) >= 11 is 0. The van der Waals surface area contributed by atoms with Gasteiger partial charge in [0.15, 0.2) is 0 Å². The smallest absolute Gasteiger partial charge is 0.243 e. The number of methoxy groups -OCH3 is 1. The topological polar surface area (TPSA) is 96.0 Å². The van der Waals surface area contributed by atoms with Crippen molar-refractivity contribution in [2.45, 2.75) is 58.2 Å². The third-order valence-electron chi connectivity index (χ3n) is 7.08. The Morgan fingerprint density at radius 1 is 0.976 bits per heavy atom.